The van der Waals surface area contributed by atoms with Crippen molar-refractivity contribution in [3.05, 3.63) is 64.7 Å². The SMILES string of the molecule is C[C@H](O)c1ccc(N(C)Cc2ccccc2Cl)cc1. The smallest absolute Gasteiger partial charge is 0.0761 e. The Kier molecular flexibility index (Phi) is 4.46. The molecule has 0 spiro atoms. The number of anilines is 1. The molecule has 0 saturated carbocycles. The molecule has 0 heterocycles. The lowest BCUT2D eigenvalue weighted by atomic mass is 10.1. The molecule has 2 nitrogen and oxygen atoms in total. The van der Waals surface area contributed by atoms with Crippen molar-refractivity contribution in [3.8, 4) is 0 Å². The van der Waals surface area contributed by atoms with Crippen molar-refractivity contribution >= 4 is 17.3 Å². The summed E-state index contributed by atoms with van der Waals surface area (Å²) in [5.74, 6) is 0. The van der Waals surface area contributed by atoms with Gasteiger partial charge in [0.15, 0.2) is 0 Å². The molecule has 2 rings (SSSR count). The van der Waals surface area contributed by atoms with Gasteiger partial charge >= 0.3 is 0 Å². The van der Waals surface area contributed by atoms with E-state index in [0.29, 0.717) is 0 Å². The summed E-state index contributed by atoms with van der Waals surface area (Å²) in [6.07, 6.45) is -0.428. The van der Waals surface area contributed by atoms with E-state index in [1.165, 1.54) is 0 Å². The van der Waals surface area contributed by atoms with E-state index < -0.39 is 6.10 Å². The summed E-state index contributed by atoms with van der Waals surface area (Å²) in [6, 6.07) is 15.8. The van der Waals surface area contributed by atoms with Crippen LogP contribution < -0.4 is 4.90 Å². The van der Waals surface area contributed by atoms with Crippen LogP contribution in [0.3, 0.4) is 0 Å². The maximum Gasteiger partial charge on any atom is 0.0761 e. The Bertz CT molecular complexity index is 537. The Hall–Kier alpha value is -1.51. The predicted octanol–water partition coefficient (Wildman–Crippen LogP) is 4.03. The molecule has 2 aromatic rings. The Morgan fingerprint density at radius 1 is 1.11 bits per heavy atom. The van der Waals surface area contributed by atoms with Gasteiger partial charge in [0.2, 0.25) is 0 Å². The predicted molar refractivity (Wildman–Crippen MR) is 80.6 cm³/mol. The van der Waals surface area contributed by atoms with Crippen molar-refractivity contribution < 1.29 is 5.11 Å². The lowest BCUT2D eigenvalue weighted by Crippen LogP contribution is -2.16. The first-order valence-electron chi connectivity index (χ1n) is 6.30. The molecule has 3 heteroatoms. The van der Waals surface area contributed by atoms with Crippen LogP contribution in [-0.4, -0.2) is 12.2 Å². The number of hydrogen-bond donors (Lipinski definition) is 1. The second kappa shape index (κ2) is 6.09. The van der Waals surface area contributed by atoms with Crippen LogP contribution in [0.15, 0.2) is 48.5 Å². The molecule has 0 amide bonds. The standard InChI is InChI=1S/C16H18ClNO/c1-12(19)13-7-9-15(10-8-13)18(2)11-14-5-3-4-6-16(14)17/h3-10,12,19H,11H2,1-2H3/t12-/m0/s1. The molecule has 2 aromatic carbocycles. The van der Waals surface area contributed by atoms with Crippen LogP contribution in [0.2, 0.25) is 5.02 Å². The van der Waals surface area contributed by atoms with Gasteiger partial charge in [0.25, 0.3) is 0 Å². The highest BCUT2D eigenvalue weighted by atomic mass is 35.5. The number of aliphatic hydroxyl groups is 1. The molecular formula is C16H18ClNO. The van der Waals surface area contributed by atoms with E-state index in [0.717, 1.165) is 28.4 Å². The molecule has 0 aliphatic rings. The molecule has 19 heavy (non-hydrogen) atoms. The summed E-state index contributed by atoms with van der Waals surface area (Å²) in [5.41, 5.74) is 3.13. The number of aliphatic hydroxyl groups excluding tert-OH is 1. The van der Waals surface area contributed by atoms with E-state index in [-0.39, 0.29) is 0 Å². The third kappa shape index (κ3) is 3.49. The first kappa shape index (κ1) is 13.9. The molecule has 0 aliphatic carbocycles. The molecular weight excluding hydrogens is 258 g/mol. The minimum Gasteiger partial charge on any atom is -0.389 e. The topological polar surface area (TPSA) is 23.5 Å². The van der Waals surface area contributed by atoms with Crippen molar-refractivity contribution in [2.75, 3.05) is 11.9 Å². The van der Waals surface area contributed by atoms with Crippen molar-refractivity contribution in [2.24, 2.45) is 0 Å². The van der Waals surface area contributed by atoms with Gasteiger partial charge in [0.05, 0.1) is 6.10 Å². The summed E-state index contributed by atoms with van der Waals surface area (Å²) in [4.78, 5) is 2.13. The quantitative estimate of drug-likeness (QED) is 0.911. The zero-order chi connectivity index (χ0) is 13.8. The van der Waals surface area contributed by atoms with Crippen LogP contribution in [0.5, 0.6) is 0 Å². The van der Waals surface area contributed by atoms with E-state index in [9.17, 15) is 5.11 Å². The van der Waals surface area contributed by atoms with Crippen LogP contribution in [0.4, 0.5) is 5.69 Å². The van der Waals surface area contributed by atoms with Gasteiger partial charge in [0, 0.05) is 24.3 Å². The van der Waals surface area contributed by atoms with Gasteiger partial charge in [-0.15, -0.1) is 0 Å². The lowest BCUT2D eigenvalue weighted by molar-refractivity contribution is 0.199. The molecule has 0 radical (unpaired) electrons. The number of benzene rings is 2. The van der Waals surface area contributed by atoms with Crippen LogP contribution in [0, 0.1) is 0 Å². The van der Waals surface area contributed by atoms with E-state index in [4.69, 9.17) is 11.6 Å². The molecule has 0 fully saturated rings. The average molecular weight is 276 g/mol. The first-order chi connectivity index (χ1) is 9.08. The average Bonchev–Trinajstić information content (AvgIpc) is 2.41. The molecule has 0 aromatic heterocycles. The fraction of sp³-hybridized carbons (Fsp3) is 0.250. The monoisotopic (exact) mass is 275 g/mol. The number of rotatable bonds is 4. The van der Waals surface area contributed by atoms with Crippen LogP contribution in [0.1, 0.15) is 24.2 Å². The summed E-state index contributed by atoms with van der Waals surface area (Å²) < 4.78 is 0. The van der Waals surface area contributed by atoms with E-state index in [2.05, 4.69) is 4.90 Å². The second-order valence-corrected chi connectivity index (χ2v) is 5.12. The molecule has 100 valence electrons. The zero-order valence-electron chi connectivity index (χ0n) is 11.2. The third-order valence-electron chi connectivity index (χ3n) is 3.18. The fourth-order valence-electron chi connectivity index (χ4n) is 1.98. The fourth-order valence-corrected chi connectivity index (χ4v) is 2.18. The van der Waals surface area contributed by atoms with Gasteiger partial charge < -0.3 is 10.0 Å². The van der Waals surface area contributed by atoms with E-state index in [1.807, 2.05) is 55.6 Å². The lowest BCUT2D eigenvalue weighted by Gasteiger charge is -2.20. The normalized spacial score (nSPS) is 12.2. The van der Waals surface area contributed by atoms with Crippen LogP contribution >= 0.6 is 11.6 Å². The summed E-state index contributed by atoms with van der Waals surface area (Å²) in [7, 11) is 2.03. The maximum absolute atomic E-state index is 9.49. The Morgan fingerprint density at radius 2 is 1.74 bits per heavy atom. The van der Waals surface area contributed by atoms with Gasteiger partial charge in [-0.2, -0.15) is 0 Å². The van der Waals surface area contributed by atoms with Crippen molar-refractivity contribution in [1.82, 2.24) is 0 Å². The largest absolute Gasteiger partial charge is 0.389 e. The van der Waals surface area contributed by atoms with Crippen molar-refractivity contribution in [3.63, 3.8) is 0 Å². The second-order valence-electron chi connectivity index (χ2n) is 4.71. The highest BCUT2D eigenvalue weighted by Gasteiger charge is 2.06. The molecule has 1 atom stereocenters. The van der Waals surface area contributed by atoms with Gasteiger partial charge in [-0.1, -0.05) is 41.9 Å². The van der Waals surface area contributed by atoms with E-state index >= 15 is 0 Å². The summed E-state index contributed by atoms with van der Waals surface area (Å²) in [5, 5.41) is 10.3. The Morgan fingerprint density at radius 3 is 2.32 bits per heavy atom. The first-order valence-corrected chi connectivity index (χ1v) is 6.68. The van der Waals surface area contributed by atoms with Crippen molar-refractivity contribution in [1.29, 1.82) is 0 Å². The van der Waals surface area contributed by atoms with Gasteiger partial charge in [-0.25, -0.2) is 0 Å². The van der Waals surface area contributed by atoms with E-state index in [1.54, 1.807) is 6.92 Å². The highest BCUT2D eigenvalue weighted by Crippen LogP contribution is 2.22. The summed E-state index contributed by atoms with van der Waals surface area (Å²) in [6.45, 7) is 2.52. The van der Waals surface area contributed by atoms with Crippen molar-refractivity contribution in [2.45, 2.75) is 19.6 Å². The maximum atomic E-state index is 9.49. The van der Waals surface area contributed by atoms with Gasteiger partial charge in [0.1, 0.15) is 0 Å². The van der Waals surface area contributed by atoms with Crippen LogP contribution in [-0.2, 0) is 6.54 Å². The van der Waals surface area contributed by atoms with Crippen LogP contribution in [0.25, 0.3) is 0 Å². The Balaban J connectivity index is 2.12. The molecule has 1 N–H and O–H groups in total. The van der Waals surface area contributed by atoms with Gasteiger partial charge in [-0.05, 0) is 36.2 Å². The highest BCUT2D eigenvalue weighted by molar-refractivity contribution is 6.31. The third-order valence-corrected chi connectivity index (χ3v) is 3.55. The zero-order valence-corrected chi connectivity index (χ0v) is 11.9. The minimum atomic E-state index is -0.428. The Labute approximate surface area is 119 Å². The molecule has 0 aliphatic heterocycles. The molecule has 0 unspecified atom stereocenters. The number of nitrogens with zero attached hydrogens (tertiary/aromatic N) is 1. The number of halogens is 1. The molecule has 0 saturated heterocycles. The minimum absolute atomic E-state index is 0.428. The molecule has 0 bridgehead atoms. The summed E-state index contributed by atoms with van der Waals surface area (Å²) >= 11 is 6.16. The van der Waals surface area contributed by atoms with Gasteiger partial charge in [-0.3, -0.25) is 0 Å². The number of hydrogen-bond acceptors (Lipinski definition) is 2.